The van der Waals surface area contributed by atoms with Crippen LogP contribution in [0, 0.1) is 0 Å². The van der Waals surface area contributed by atoms with Gasteiger partial charge in [0.05, 0.1) is 18.3 Å². The van der Waals surface area contributed by atoms with Crippen molar-refractivity contribution in [2.24, 2.45) is 0 Å². The highest BCUT2D eigenvalue weighted by molar-refractivity contribution is 5.00. The second kappa shape index (κ2) is 7.79. The molecule has 1 fully saturated rings. The standard InChI is InChI=1S/C16H29N3O/c1-3-15(4-2)18(11-12-20)13-14-9-10-19(17-14)16-7-5-6-8-16/h9-10,15-16,20H,3-8,11-13H2,1-2H3. The Morgan fingerprint density at radius 1 is 1.35 bits per heavy atom. The third kappa shape index (κ3) is 3.83. The maximum absolute atomic E-state index is 9.27. The summed E-state index contributed by atoms with van der Waals surface area (Å²) in [6.07, 6.45) is 9.60. The van der Waals surface area contributed by atoms with Crippen LogP contribution in [0.1, 0.15) is 64.1 Å². The zero-order valence-corrected chi connectivity index (χ0v) is 13.0. The van der Waals surface area contributed by atoms with Crippen LogP contribution in [0.2, 0.25) is 0 Å². The molecule has 4 nitrogen and oxygen atoms in total. The molecule has 1 aromatic rings. The Bertz CT molecular complexity index is 381. The summed E-state index contributed by atoms with van der Waals surface area (Å²) in [6, 6.07) is 3.30. The molecule has 2 rings (SSSR count). The van der Waals surface area contributed by atoms with Crippen LogP contribution < -0.4 is 0 Å². The van der Waals surface area contributed by atoms with E-state index in [1.54, 1.807) is 0 Å². The van der Waals surface area contributed by atoms with Crippen LogP contribution in [0.25, 0.3) is 0 Å². The van der Waals surface area contributed by atoms with Crippen LogP contribution in [0.15, 0.2) is 12.3 Å². The van der Waals surface area contributed by atoms with Gasteiger partial charge in [0.1, 0.15) is 0 Å². The molecular formula is C16H29N3O. The van der Waals surface area contributed by atoms with Crippen LogP contribution in [-0.2, 0) is 6.54 Å². The van der Waals surface area contributed by atoms with Crippen molar-refractivity contribution in [2.75, 3.05) is 13.2 Å². The normalized spacial score (nSPS) is 16.6. The van der Waals surface area contributed by atoms with Crippen LogP contribution in [0.3, 0.4) is 0 Å². The van der Waals surface area contributed by atoms with E-state index in [0.717, 1.165) is 31.6 Å². The quantitative estimate of drug-likeness (QED) is 0.795. The molecule has 0 unspecified atom stereocenters. The van der Waals surface area contributed by atoms with Gasteiger partial charge in [0.2, 0.25) is 0 Å². The van der Waals surface area contributed by atoms with Crippen LogP contribution in [0.4, 0.5) is 0 Å². The Morgan fingerprint density at radius 3 is 2.65 bits per heavy atom. The summed E-state index contributed by atoms with van der Waals surface area (Å²) < 4.78 is 2.16. The minimum absolute atomic E-state index is 0.222. The van der Waals surface area contributed by atoms with E-state index >= 15 is 0 Å². The maximum atomic E-state index is 9.27. The Balaban J connectivity index is 1.98. The fraction of sp³-hybridized carbons (Fsp3) is 0.812. The van der Waals surface area contributed by atoms with Crippen molar-refractivity contribution >= 4 is 0 Å². The molecule has 0 radical (unpaired) electrons. The lowest BCUT2D eigenvalue weighted by Gasteiger charge is -2.29. The highest BCUT2D eigenvalue weighted by Gasteiger charge is 2.19. The molecule has 0 atom stereocenters. The Kier molecular flexibility index (Phi) is 6.05. The molecular weight excluding hydrogens is 250 g/mol. The minimum Gasteiger partial charge on any atom is -0.395 e. The van der Waals surface area contributed by atoms with E-state index in [0.29, 0.717) is 12.1 Å². The van der Waals surface area contributed by atoms with Crippen LogP contribution in [-0.4, -0.2) is 39.0 Å². The molecule has 0 aromatic carbocycles. The summed E-state index contributed by atoms with van der Waals surface area (Å²) in [5.74, 6) is 0. The van der Waals surface area contributed by atoms with Gasteiger partial charge in [-0.15, -0.1) is 0 Å². The van der Waals surface area contributed by atoms with Gasteiger partial charge in [-0.25, -0.2) is 0 Å². The van der Waals surface area contributed by atoms with Gasteiger partial charge in [0.15, 0.2) is 0 Å². The molecule has 0 spiro atoms. The van der Waals surface area contributed by atoms with Crippen molar-refractivity contribution in [1.82, 2.24) is 14.7 Å². The number of hydrogen-bond donors (Lipinski definition) is 1. The van der Waals surface area contributed by atoms with Gasteiger partial charge in [-0.3, -0.25) is 9.58 Å². The molecule has 20 heavy (non-hydrogen) atoms. The first-order chi connectivity index (χ1) is 9.78. The second-order valence-corrected chi connectivity index (χ2v) is 5.89. The molecule has 1 heterocycles. The third-order valence-electron chi connectivity index (χ3n) is 4.57. The molecule has 1 saturated carbocycles. The number of rotatable bonds is 8. The molecule has 1 aromatic heterocycles. The zero-order chi connectivity index (χ0) is 14.4. The maximum Gasteiger partial charge on any atom is 0.0765 e. The number of aromatic nitrogens is 2. The molecule has 114 valence electrons. The van der Waals surface area contributed by atoms with Gasteiger partial charge < -0.3 is 5.11 Å². The lowest BCUT2D eigenvalue weighted by molar-refractivity contribution is 0.135. The summed E-state index contributed by atoms with van der Waals surface area (Å²) in [7, 11) is 0. The largest absolute Gasteiger partial charge is 0.395 e. The Hall–Kier alpha value is -0.870. The monoisotopic (exact) mass is 279 g/mol. The lowest BCUT2D eigenvalue weighted by atomic mass is 10.1. The number of aliphatic hydroxyl groups excluding tert-OH is 1. The van der Waals surface area contributed by atoms with Gasteiger partial charge in [-0.05, 0) is 31.7 Å². The zero-order valence-electron chi connectivity index (χ0n) is 13.0. The molecule has 0 amide bonds. The van der Waals surface area contributed by atoms with E-state index in [-0.39, 0.29) is 6.61 Å². The van der Waals surface area contributed by atoms with Crippen molar-refractivity contribution in [3.05, 3.63) is 18.0 Å². The van der Waals surface area contributed by atoms with Gasteiger partial charge >= 0.3 is 0 Å². The van der Waals surface area contributed by atoms with E-state index < -0.39 is 0 Å². The van der Waals surface area contributed by atoms with Crippen molar-refractivity contribution in [3.8, 4) is 0 Å². The minimum atomic E-state index is 0.222. The molecule has 1 N–H and O–H groups in total. The Morgan fingerprint density at radius 2 is 2.05 bits per heavy atom. The predicted molar refractivity (Wildman–Crippen MR) is 81.6 cm³/mol. The summed E-state index contributed by atoms with van der Waals surface area (Å²) in [5.41, 5.74) is 1.14. The molecule has 4 heteroatoms. The van der Waals surface area contributed by atoms with E-state index in [4.69, 9.17) is 5.10 Å². The average Bonchev–Trinajstić information content (AvgIpc) is 3.10. The molecule has 0 aliphatic heterocycles. The van der Waals surface area contributed by atoms with Crippen molar-refractivity contribution < 1.29 is 5.11 Å². The van der Waals surface area contributed by atoms with Crippen LogP contribution in [0.5, 0.6) is 0 Å². The number of hydrogen-bond acceptors (Lipinski definition) is 3. The summed E-state index contributed by atoms with van der Waals surface area (Å²) in [4.78, 5) is 2.36. The molecule has 0 bridgehead atoms. The first kappa shape index (κ1) is 15.5. The van der Waals surface area contributed by atoms with Gasteiger partial charge in [-0.2, -0.15) is 5.10 Å². The topological polar surface area (TPSA) is 41.3 Å². The number of nitrogens with zero attached hydrogens (tertiary/aromatic N) is 3. The van der Waals surface area contributed by atoms with E-state index in [9.17, 15) is 5.11 Å². The first-order valence-electron chi connectivity index (χ1n) is 8.17. The molecule has 0 saturated heterocycles. The van der Waals surface area contributed by atoms with Crippen molar-refractivity contribution in [3.63, 3.8) is 0 Å². The fourth-order valence-corrected chi connectivity index (χ4v) is 3.37. The summed E-state index contributed by atoms with van der Waals surface area (Å²) in [5, 5.41) is 14.0. The average molecular weight is 279 g/mol. The van der Waals surface area contributed by atoms with Gasteiger partial charge in [0, 0.05) is 25.3 Å². The van der Waals surface area contributed by atoms with Crippen molar-refractivity contribution in [1.29, 1.82) is 0 Å². The van der Waals surface area contributed by atoms with E-state index in [1.807, 2.05) is 0 Å². The summed E-state index contributed by atoms with van der Waals surface area (Å²) >= 11 is 0. The van der Waals surface area contributed by atoms with Gasteiger partial charge in [-0.1, -0.05) is 26.7 Å². The second-order valence-electron chi connectivity index (χ2n) is 5.89. The lowest BCUT2D eigenvalue weighted by Crippen LogP contribution is -2.36. The van der Waals surface area contributed by atoms with Gasteiger partial charge in [0.25, 0.3) is 0 Å². The summed E-state index contributed by atoms with van der Waals surface area (Å²) in [6.45, 7) is 6.25. The molecule has 1 aliphatic rings. The predicted octanol–water partition coefficient (Wildman–Crippen LogP) is 2.98. The SMILES string of the molecule is CCC(CC)N(CCO)Cc1ccn(C2CCCC2)n1. The Labute approximate surface area is 122 Å². The van der Waals surface area contributed by atoms with Crippen molar-refractivity contribution in [2.45, 2.75) is 71.0 Å². The first-order valence-corrected chi connectivity index (χ1v) is 8.17. The highest BCUT2D eigenvalue weighted by Crippen LogP contribution is 2.28. The number of aliphatic hydroxyl groups is 1. The van der Waals surface area contributed by atoms with Crippen LogP contribution >= 0.6 is 0 Å². The smallest absolute Gasteiger partial charge is 0.0765 e. The van der Waals surface area contributed by atoms with E-state index in [2.05, 4.69) is 35.7 Å². The fourth-order valence-electron chi connectivity index (χ4n) is 3.37. The highest BCUT2D eigenvalue weighted by atomic mass is 16.3. The van der Waals surface area contributed by atoms with E-state index in [1.165, 1.54) is 25.7 Å². The third-order valence-corrected chi connectivity index (χ3v) is 4.57. The molecule has 1 aliphatic carbocycles.